The first kappa shape index (κ1) is 13.6. The molecule has 1 aliphatic rings. The van der Waals surface area contributed by atoms with Crippen molar-refractivity contribution in [1.82, 2.24) is 5.32 Å². The van der Waals surface area contributed by atoms with E-state index in [1.54, 1.807) is 0 Å². The molecule has 1 amide bonds. The van der Waals surface area contributed by atoms with Crippen LogP contribution in [0.15, 0.2) is 42.5 Å². The molecule has 3 rings (SSSR count). The third-order valence-corrected chi connectivity index (χ3v) is 3.92. The van der Waals surface area contributed by atoms with Crippen LogP contribution in [-0.2, 0) is 4.79 Å². The molecule has 108 valence electrons. The number of para-hydroxylation sites is 1. The average molecular weight is 282 g/mol. The SMILES string of the molecule is Cc1ccc2c(c1)C(CNC=O)C(N)c1ccccc1O2. The number of hydrogen-bond acceptors (Lipinski definition) is 3. The van der Waals surface area contributed by atoms with Crippen molar-refractivity contribution in [3.05, 3.63) is 59.2 Å². The first-order valence-electron chi connectivity index (χ1n) is 7.00. The van der Waals surface area contributed by atoms with E-state index in [1.165, 1.54) is 0 Å². The standard InChI is InChI=1S/C17H18N2O2/c1-11-6-7-16-13(8-11)14(9-19-10-20)17(18)12-4-2-3-5-15(12)21-16/h2-8,10,14,17H,9,18H2,1H3,(H,19,20). The summed E-state index contributed by atoms with van der Waals surface area (Å²) >= 11 is 0. The minimum atomic E-state index is -0.225. The predicted molar refractivity (Wildman–Crippen MR) is 81.4 cm³/mol. The lowest BCUT2D eigenvalue weighted by Crippen LogP contribution is -2.28. The van der Waals surface area contributed by atoms with E-state index in [4.69, 9.17) is 10.5 Å². The lowest BCUT2D eigenvalue weighted by molar-refractivity contribution is -0.109. The van der Waals surface area contributed by atoms with Gasteiger partial charge in [-0.2, -0.15) is 0 Å². The van der Waals surface area contributed by atoms with E-state index < -0.39 is 0 Å². The molecule has 3 N–H and O–H groups in total. The number of carbonyl (C=O) groups excluding carboxylic acids is 1. The second kappa shape index (κ2) is 5.58. The van der Waals surface area contributed by atoms with Gasteiger partial charge in [-0.05, 0) is 19.1 Å². The van der Waals surface area contributed by atoms with Crippen LogP contribution in [0, 0.1) is 6.92 Å². The maximum Gasteiger partial charge on any atom is 0.207 e. The zero-order valence-electron chi connectivity index (χ0n) is 11.9. The molecule has 4 heteroatoms. The molecule has 4 nitrogen and oxygen atoms in total. The maximum absolute atomic E-state index is 10.7. The Kier molecular flexibility index (Phi) is 3.62. The van der Waals surface area contributed by atoms with Crippen LogP contribution in [0.5, 0.6) is 11.5 Å². The second-order valence-corrected chi connectivity index (χ2v) is 5.34. The highest BCUT2D eigenvalue weighted by Gasteiger charge is 2.30. The van der Waals surface area contributed by atoms with E-state index in [2.05, 4.69) is 11.4 Å². The van der Waals surface area contributed by atoms with E-state index in [1.807, 2.05) is 43.3 Å². The summed E-state index contributed by atoms with van der Waals surface area (Å²) in [7, 11) is 0. The van der Waals surface area contributed by atoms with Crippen molar-refractivity contribution >= 4 is 6.41 Å². The van der Waals surface area contributed by atoms with Crippen LogP contribution in [0.1, 0.15) is 28.7 Å². The molecule has 2 aromatic carbocycles. The van der Waals surface area contributed by atoms with Crippen molar-refractivity contribution in [2.24, 2.45) is 5.73 Å². The Hall–Kier alpha value is -2.33. The molecule has 2 aromatic rings. The number of benzene rings is 2. The first-order valence-corrected chi connectivity index (χ1v) is 7.00. The molecule has 0 fully saturated rings. The molecular formula is C17H18N2O2. The smallest absolute Gasteiger partial charge is 0.207 e. The van der Waals surface area contributed by atoms with Gasteiger partial charge in [-0.1, -0.05) is 35.9 Å². The molecule has 0 saturated carbocycles. The summed E-state index contributed by atoms with van der Waals surface area (Å²) in [6, 6.07) is 13.6. The number of carbonyl (C=O) groups is 1. The number of ether oxygens (including phenoxy) is 1. The molecule has 2 atom stereocenters. The third kappa shape index (κ3) is 2.50. The van der Waals surface area contributed by atoms with Gasteiger partial charge in [-0.3, -0.25) is 4.79 Å². The van der Waals surface area contributed by atoms with Crippen LogP contribution in [0.4, 0.5) is 0 Å². The van der Waals surface area contributed by atoms with Crippen molar-refractivity contribution in [3.8, 4) is 11.5 Å². The van der Waals surface area contributed by atoms with E-state index in [0.717, 1.165) is 28.2 Å². The summed E-state index contributed by atoms with van der Waals surface area (Å²) in [5.41, 5.74) is 9.60. The summed E-state index contributed by atoms with van der Waals surface area (Å²) in [5, 5.41) is 2.75. The van der Waals surface area contributed by atoms with Gasteiger partial charge in [0.2, 0.25) is 6.41 Å². The Morgan fingerprint density at radius 1 is 1.19 bits per heavy atom. The van der Waals surface area contributed by atoms with Crippen LogP contribution in [0.25, 0.3) is 0 Å². The van der Waals surface area contributed by atoms with Crippen LogP contribution >= 0.6 is 0 Å². The van der Waals surface area contributed by atoms with Gasteiger partial charge < -0.3 is 15.8 Å². The highest BCUT2D eigenvalue weighted by molar-refractivity contribution is 5.51. The molecule has 1 heterocycles. The predicted octanol–water partition coefficient (Wildman–Crippen LogP) is 2.63. The largest absolute Gasteiger partial charge is 0.457 e. The van der Waals surface area contributed by atoms with E-state index >= 15 is 0 Å². The van der Waals surface area contributed by atoms with Gasteiger partial charge in [0.25, 0.3) is 0 Å². The summed E-state index contributed by atoms with van der Waals surface area (Å²) in [4.78, 5) is 10.7. The highest BCUT2D eigenvalue weighted by atomic mass is 16.5. The number of nitrogens with one attached hydrogen (secondary N) is 1. The van der Waals surface area contributed by atoms with Crippen molar-refractivity contribution in [2.45, 2.75) is 18.9 Å². The monoisotopic (exact) mass is 282 g/mol. The first-order chi connectivity index (χ1) is 10.2. The quantitative estimate of drug-likeness (QED) is 0.851. The van der Waals surface area contributed by atoms with Crippen LogP contribution in [0.2, 0.25) is 0 Å². The summed E-state index contributed by atoms with van der Waals surface area (Å²) < 4.78 is 6.04. The second-order valence-electron chi connectivity index (χ2n) is 5.34. The number of hydrogen-bond donors (Lipinski definition) is 2. The lowest BCUT2D eigenvalue weighted by Gasteiger charge is -2.23. The van der Waals surface area contributed by atoms with Gasteiger partial charge in [-0.25, -0.2) is 0 Å². The normalized spacial score (nSPS) is 19.7. The van der Waals surface area contributed by atoms with E-state index in [-0.39, 0.29) is 12.0 Å². The van der Waals surface area contributed by atoms with Crippen molar-refractivity contribution in [3.63, 3.8) is 0 Å². The molecule has 2 unspecified atom stereocenters. The molecule has 0 aromatic heterocycles. The molecule has 0 saturated heterocycles. The van der Waals surface area contributed by atoms with E-state index in [9.17, 15) is 4.79 Å². The minimum absolute atomic E-state index is 0.0197. The van der Waals surface area contributed by atoms with Crippen LogP contribution in [-0.4, -0.2) is 13.0 Å². The maximum atomic E-state index is 10.7. The third-order valence-electron chi connectivity index (χ3n) is 3.92. The fourth-order valence-electron chi connectivity index (χ4n) is 2.84. The van der Waals surface area contributed by atoms with Gasteiger partial charge in [0.05, 0.1) is 0 Å². The molecule has 0 radical (unpaired) electrons. The van der Waals surface area contributed by atoms with Gasteiger partial charge in [0, 0.05) is 29.6 Å². The molecule has 0 aliphatic carbocycles. The fourth-order valence-corrected chi connectivity index (χ4v) is 2.84. The molecule has 21 heavy (non-hydrogen) atoms. The van der Waals surface area contributed by atoms with Crippen molar-refractivity contribution < 1.29 is 9.53 Å². The molecular weight excluding hydrogens is 264 g/mol. The Morgan fingerprint density at radius 2 is 1.95 bits per heavy atom. The summed E-state index contributed by atoms with van der Waals surface area (Å²) in [5.74, 6) is 1.57. The number of rotatable bonds is 3. The van der Waals surface area contributed by atoms with Crippen molar-refractivity contribution in [2.75, 3.05) is 6.54 Å². The zero-order valence-corrected chi connectivity index (χ0v) is 11.9. The zero-order chi connectivity index (χ0) is 14.8. The van der Waals surface area contributed by atoms with Gasteiger partial charge in [0.1, 0.15) is 11.5 Å². The number of nitrogens with two attached hydrogens (primary N) is 1. The molecule has 0 spiro atoms. The van der Waals surface area contributed by atoms with E-state index in [0.29, 0.717) is 13.0 Å². The highest BCUT2D eigenvalue weighted by Crippen LogP contribution is 2.43. The van der Waals surface area contributed by atoms with Gasteiger partial charge in [-0.15, -0.1) is 0 Å². The topological polar surface area (TPSA) is 64.4 Å². The number of fused-ring (bicyclic) bond motifs is 2. The fraction of sp³-hybridized carbons (Fsp3) is 0.235. The van der Waals surface area contributed by atoms with Crippen molar-refractivity contribution in [1.29, 1.82) is 0 Å². The molecule has 0 bridgehead atoms. The van der Waals surface area contributed by atoms with Gasteiger partial charge in [0.15, 0.2) is 0 Å². The Morgan fingerprint density at radius 3 is 2.76 bits per heavy atom. The number of amides is 1. The van der Waals surface area contributed by atoms with Crippen LogP contribution in [0.3, 0.4) is 0 Å². The Bertz CT molecular complexity index is 670. The minimum Gasteiger partial charge on any atom is -0.457 e. The number of aryl methyl sites for hydroxylation is 1. The Labute approximate surface area is 123 Å². The van der Waals surface area contributed by atoms with Crippen LogP contribution < -0.4 is 15.8 Å². The van der Waals surface area contributed by atoms with Gasteiger partial charge >= 0.3 is 0 Å². The lowest BCUT2D eigenvalue weighted by atomic mass is 9.87. The average Bonchev–Trinajstić information content (AvgIpc) is 2.60. The molecule has 1 aliphatic heterocycles. The summed E-state index contributed by atoms with van der Waals surface area (Å²) in [6.45, 7) is 2.52. The Balaban J connectivity index is 2.13. The summed E-state index contributed by atoms with van der Waals surface area (Å²) in [6.07, 6.45) is 0.708.